The Kier molecular flexibility index (Phi) is 11.4. The van der Waals surface area contributed by atoms with Crippen molar-refractivity contribution in [3.05, 3.63) is 24.3 Å². The first-order chi connectivity index (χ1) is 12.2. The number of hydrogen-bond acceptors (Lipinski definition) is 4. The summed E-state index contributed by atoms with van der Waals surface area (Å²) in [5.41, 5.74) is 0.671. The molecule has 0 saturated carbocycles. The molecule has 0 bridgehead atoms. The molecule has 0 heterocycles. The Balaban J connectivity index is 2.11. The van der Waals surface area contributed by atoms with Crippen LogP contribution in [-0.4, -0.2) is 23.6 Å². The van der Waals surface area contributed by atoms with Crippen LogP contribution in [-0.2, 0) is 9.59 Å². The number of carbonyl (C=O) groups excluding carboxylic acids is 2. The van der Waals surface area contributed by atoms with Gasteiger partial charge in [0.15, 0.2) is 0 Å². The zero-order chi connectivity index (χ0) is 18.3. The van der Waals surface area contributed by atoms with Crippen molar-refractivity contribution in [2.75, 3.05) is 11.9 Å². The van der Waals surface area contributed by atoms with Crippen molar-refractivity contribution < 1.29 is 19.4 Å². The lowest BCUT2D eigenvalue weighted by molar-refractivity contribution is -0.137. The molecule has 1 aromatic rings. The number of aliphatic hydroxyl groups excluding tert-OH is 1. The highest BCUT2D eigenvalue weighted by molar-refractivity contribution is 5.90. The van der Waals surface area contributed by atoms with Gasteiger partial charge in [-0.2, -0.15) is 0 Å². The van der Waals surface area contributed by atoms with Crippen molar-refractivity contribution in [3.8, 4) is 5.75 Å². The third kappa shape index (κ3) is 10.6. The summed E-state index contributed by atoms with van der Waals surface area (Å²) in [4.78, 5) is 22.9. The van der Waals surface area contributed by atoms with Crippen LogP contribution in [0.2, 0.25) is 0 Å². The van der Waals surface area contributed by atoms with E-state index in [2.05, 4.69) is 12.2 Å². The third-order valence-corrected chi connectivity index (χ3v) is 4.01. The Morgan fingerprint density at radius 1 is 0.920 bits per heavy atom. The summed E-state index contributed by atoms with van der Waals surface area (Å²) < 4.78 is 4.86. The molecule has 0 aliphatic heterocycles. The van der Waals surface area contributed by atoms with Crippen LogP contribution in [0.5, 0.6) is 5.75 Å². The van der Waals surface area contributed by atoms with Crippen LogP contribution in [0.3, 0.4) is 0 Å². The number of ether oxygens (including phenoxy) is 1. The SMILES string of the molecule is CCCCCCCCCCCC(=O)Nc1ccc(OC(=O)CO)cc1. The third-order valence-electron chi connectivity index (χ3n) is 4.01. The van der Waals surface area contributed by atoms with E-state index in [4.69, 9.17) is 9.84 Å². The molecular weight excluding hydrogens is 318 g/mol. The molecule has 1 amide bonds. The number of anilines is 1. The maximum Gasteiger partial charge on any atom is 0.337 e. The van der Waals surface area contributed by atoms with Gasteiger partial charge in [-0.25, -0.2) is 4.79 Å². The minimum absolute atomic E-state index is 0.00282. The van der Waals surface area contributed by atoms with Crippen LogP contribution in [0.1, 0.15) is 71.1 Å². The molecule has 0 spiro atoms. The second-order valence-electron chi connectivity index (χ2n) is 6.28. The molecule has 0 radical (unpaired) electrons. The predicted octanol–water partition coefficient (Wildman–Crippen LogP) is 4.44. The van der Waals surface area contributed by atoms with Gasteiger partial charge in [0, 0.05) is 12.1 Å². The van der Waals surface area contributed by atoms with Gasteiger partial charge in [-0.3, -0.25) is 4.79 Å². The summed E-state index contributed by atoms with van der Waals surface area (Å²) in [7, 11) is 0. The predicted molar refractivity (Wildman–Crippen MR) is 99.6 cm³/mol. The van der Waals surface area contributed by atoms with Crippen molar-refractivity contribution in [3.63, 3.8) is 0 Å². The quantitative estimate of drug-likeness (QED) is 0.313. The molecule has 0 unspecified atom stereocenters. The minimum Gasteiger partial charge on any atom is -0.425 e. The van der Waals surface area contributed by atoms with Crippen LogP contribution < -0.4 is 10.1 Å². The van der Waals surface area contributed by atoms with Crippen LogP contribution in [0, 0.1) is 0 Å². The molecule has 140 valence electrons. The number of unbranched alkanes of at least 4 members (excludes halogenated alkanes) is 8. The van der Waals surface area contributed by atoms with Crippen molar-refractivity contribution in [2.45, 2.75) is 71.1 Å². The van der Waals surface area contributed by atoms with Gasteiger partial charge in [0.05, 0.1) is 0 Å². The highest BCUT2D eigenvalue weighted by Crippen LogP contribution is 2.16. The van der Waals surface area contributed by atoms with Crippen LogP contribution in [0.4, 0.5) is 5.69 Å². The van der Waals surface area contributed by atoms with E-state index in [1.807, 2.05) is 0 Å². The first kappa shape index (κ1) is 21.2. The average molecular weight is 349 g/mol. The lowest BCUT2D eigenvalue weighted by atomic mass is 10.1. The molecule has 0 fully saturated rings. The number of aliphatic hydroxyl groups is 1. The fourth-order valence-corrected chi connectivity index (χ4v) is 2.59. The standard InChI is InChI=1S/C20H31NO4/c1-2-3-4-5-6-7-8-9-10-11-19(23)21-17-12-14-18(15-13-17)25-20(24)16-22/h12-15,22H,2-11,16H2,1H3,(H,21,23). The topological polar surface area (TPSA) is 75.6 Å². The zero-order valence-corrected chi connectivity index (χ0v) is 15.3. The summed E-state index contributed by atoms with van der Waals surface area (Å²) in [6, 6.07) is 6.52. The maximum absolute atomic E-state index is 11.9. The largest absolute Gasteiger partial charge is 0.425 e. The van der Waals surface area contributed by atoms with E-state index in [9.17, 15) is 9.59 Å². The van der Waals surface area contributed by atoms with E-state index in [1.165, 1.54) is 44.9 Å². The maximum atomic E-state index is 11.9. The first-order valence-electron chi connectivity index (χ1n) is 9.37. The summed E-state index contributed by atoms with van der Waals surface area (Å²) in [5, 5.41) is 11.5. The van der Waals surface area contributed by atoms with Crippen LogP contribution in [0.25, 0.3) is 0 Å². The molecule has 0 atom stereocenters. The van der Waals surface area contributed by atoms with Crippen molar-refractivity contribution in [1.29, 1.82) is 0 Å². The van der Waals surface area contributed by atoms with Crippen molar-refractivity contribution in [1.82, 2.24) is 0 Å². The van der Waals surface area contributed by atoms with Crippen LogP contribution in [0.15, 0.2) is 24.3 Å². The molecule has 0 saturated heterocycles. The lowest BCUT2D eigenvalue weighted by Crippen LogP contribution is -2.13. The second kappa shape index (κ2) is 13.4. The number of nitrogens with one attached hydrogen (secondary N) is 1. The van der Waals surface area contributed by atoms with Gasteiger partial charge in [-0.15, -0.1) is 0 Å². The molecule has 0 aliphatic carbocycles. The Bertz CT molecular complexity index is 499. The molecule has 2 N–H and O–H groups in total. The van der Waals surface area contributed by atoms with E-state index in [1.54, 1.807) is 24.3 Å². The molecule has 5 nitrogen and oxygen atoms in total. The molecular formula is C20H31NO4. The minimum atomic E-state index is -0.706. The van der Waals surface area contributed by atoms with Crippen LogP contribution >= 0.6 is 0 Å². The Morgan fingerprint density at radius 3 is 2.04 bits per heavy atom. The molecule has 5 heteroatoms. The van der Waals surface area contributed by atoms with E-state index in [-0.39, 0.29) is 5.91 Å². The van der Waals surface area contributed by atoms with Gasteiger partial charge in [0.25, 0.3) is 0 Å². The molecule has 0 aliphatic rings. The van der Waals surface area contributed by atoms with Crippen molar-refractivity contribution >= 4 is 17.6 Å². The highest BCUT2D eigenvalue weighted by atomic mass is 16.5. The van der Waals surface area contributed by atoms with Gasteiger partial charge in [-0.1, -0.05) is 58.3 Å². The normalized spacial score (nSPS) is 10.5. The van der Waals surface area contributed by atoms with Gasteiger partial charge in [0.2, 0.25) is 5.91 Å². The molecule has 25 heavy (non-hydrogen) atoms. The number of carbonyl (C=O) groups is 2. The van der Waals surface area contributed by atoms with Gasteiger partial charge >= 0.3 is 5.97 Å². The second-order valence-corrected chi connectivity index (χ2v) is 6.28. The highest BCUT2D eigenvalue weighted by Gasteiger charge is 2.05. The average Bonchev–Trinajstić information content (AvgIpc) is 2.62. The number of hydrogen-bond donors (Lipinski definition) is 2. The van der Waals surface area contributed by atoms with Gasteiger partial charge < -0.3 is 15.2 Å². The fourth-order valence-electron chi connectivity index (χ4n) is 2.59. The number of amides is 1. The number of benzene rings is 1. The lowest BCUT2D eigenvalue weighted by Gasteiger charge is -2.07. The smallest absolute Gasteiger partial charge is 0.337 e. The first-order valence-corrected chi connectivity index (χ1v) is 9.37. The summed E-state index contributed by atoms with van der Waals surface area (Å²) >= 11 is 0. The monoisotopic (exact) mass is 349 g/mol. The van der Waals surface area contributed by atoms with Crippen molar-refractivity contribution in [2.24, 2.45) is 0 Å². The van der Waals surface area contributed by atoms with Gasteiger partial charge in [-0.05, 0) is 30.7 Å². The van der Waals surface area contributed by atoms with E-state index < -0.39 is 12.6 Å². The number of rotatable bonds is 13. The van der Waals surface area contributed by atoms with E-state index >= 15 is 0 Å². The Morgan fingerprint density at radius 2 is 1.48 bits per heavy atom. The van der Waals surface area contributed by atoms with Gasteiger partial charge in [0.1, 0.15) is 12.4 Å². The summed E-state index contributed by atoms with van der Waals surface area (Å²) in [6.45, 7) is 1.57. The zero-order valence-electron chi connectivity index (χ0n) is 15.3. The van der Waals surface area contributed by atoms with E-state index in [0.29, 0.717) is 17.9 Å². The van der Waals surface area contributed by atoms with E-state index in [0.717, 1.165) is 12.8 Å². The Hall–Kier alpha value is -1.88. The molecule has 1 rings (SSSR count). The Labute approximate surface area is 150 Å². The summed E-state index contributed by atoms with van der Waals surface area (Å²) in [5.74, 6) is -0.360. The molecule has 0 aromatic heterocycles. The molecule has 1 aromatic carbocycles. The number of esters is 1. The fraction of sp³-hybridized carbons (Fsp3) is 0.600. The summed E-state index contributed by atoms with van der Waals surface area (Å²) in [6.07, 6.45) is 11.6.